The van der Waals surface area contributed by atoms with Crippen molar-refractivity contribution in [1.82, 2.24) is 20.6 Å². The maximum atomic E-state index is 13.1. The highest BCUT2D eigenvalue weighted by atomic mass is 16.6. The van der Waals surface area contributed by atoms with Crippen molar-refractivity contribution in [2.45, 2.75) is 19.1 Å². The molecule has 0 saturated carbocycles. The van der Waals surface area contributed by atoms with Crippen LogP contribution in [0.3, 0.4) is 0 Å². The van der Waals surface area contributed by atoms with Crippen LogP contribution in [0, 0.1) is 0 Å². The third-order valence-electron chi connectivity index (χ3n) is 4.33. The quantitative estimate of drug-likeness (QED) is 0.483. The Morgan fingerprint density at radius 3 is 2.86 bits per heavy atom. The normalized spacial score (nSPS) is 18.0. The van der Waals surface area contributed by atoms with Gasteiger partial charge >= 0.3 is 0 Å². The number of fused-ring (bicyclic) bond motifs is 1. The summed E-state index contributed by atoms with van der Waals surface area (Å²) in [6.07, 6.45) is 4.40. The average molecular weight is 393 g/mol. The van der Waals surface area contributed by atoms with Gasteiger partial charge in [0.2, 0.25) is 5.82 Å². The third kappa shape index (κ3) is 3.67. The smallest absolute Gasteiger partial charge is 0.257 e. The molecule has 1 atom stereocenters. The summed E-state index contributed by atoms with van der Waals surface area (Å²) in [6, 6.07) is 11.9. The highest BCUT2D eigenvalue weighted by Gasteiger charge is 2.41. The van der Waals surface area contributed by atoms with Gasteiger partial charge in [0.15, 0.2) is 17.3 Å². The van der Waals surface area contributed by atoms with Gasteiger partial charge in [0, 0.05) is 5.56 Å². The van der Waals surface area contributed by atoms with Crippen LogP contribution >= 0.6 is 0 Å². The monoisotopic (exact) mass is 393 g/mol. The molecule has 2 heterocycles. The number of benzene rings is 2. The van der Waals surface area contributed by atoms with Crippen molar-refractivity contribution in [2.24, 2.45) is 5.73 Å². The molecule has 1 aliphatic rings. The first-order chi connectivity index (χ1) is 14.1. The van der Waals surface area contributed by atoms with E-state index in [-0.39, 0.29) is 24.0 Å². The number of tetrazole rings is 1. The summed E-state index contributed by atoms with van der Waals surface area (Å²) in [7, 11) is 0. The van der Waals surface area contributed by atoms with Gasteiger partial charge in [-0.05, 0) is 54.1 Å². The zero-order valence-corrected chi connectivity index (χ0v) is 15.7. The molecule has 9 nitrogen and oxygen atoms in total. The lowest BCUT2D eigenvalue weighted by atomic mass is 10.0. The van der Waals surface area contributed by atoms with Gasteiger partial charge in [0.25, 0.3) is 5.72 Å². The molecule has 29 heavy (non-hydrogen) atoms. The molecule has 9 heteroatoms. The second kappa shape index (κ2) is 7.72. The molecule has 3 N–H and O–H groups in total. The molecule has 1 unspecified atom stereocenters. The van der Waals surface area contributed by atoms with Crippen LogP contribution in [0.15, 0.2) is 54.8 Å². The molecular formula is C20H19N5O4. The van der Waals surface area contributed by atoms with Crippen molar-refractivity contribution in [1.29, 1.82) is 0 Å². The molecule has 3 aromatic rings. The Kier molecular flexibility index (Phi) is 4.96. The van der Waals surface area contributed by atoms with Crippen molar-refractivity contribution in [3.8, 4) is 17.2 Å². The average Bonchev–Trinajstić information content (AvgIpc) is 3.29. The van der Waals surface area contributed by atoms with Gasteiger partial charge in [-0.1, -0.05) is 13.0 Å². The highest BCUT2D eigenvalue weighted by molar-refractivity contribution is 6.11. The zero-order chi connectivity index (χ0) is 20.3. The number of aromatic nitrogens is 4. The van der Waals surface area contributed by atoms with Crippen LogP contribution in [0.1, 0.15) is 35.1 Å². The minimum absolute atomic E-state index is 0.0194. The fraction of sp³-hybridized carbons (Fsp3) is 0.200. The number of nitrogens with two attached hydrogens (primary N) is 1. The van der Waals surface area contributed by atoms with Crippen LogP contribution in [0.25, 0.3) is 0 Å². The lowest BCUT2D eigenvalue weighted by Crippen LogP contribution is -2.51. The van der Waals surface area contributed by atoms with E-state index >= 15 is 0 Å². The predicted molar refractivity (Wildman–Crippen MR) is 103 cm³/mol. The van der Waals surface area contributed by atoms with Crippen molar-refractivity contribution >= 4 is 5.78 Å². The molecule has 2 aromatic carbocycles. The van der Waals surface area contributed by atoms with Crippen molar-refractivity contribution in [2.75, 3.05) is 6.61 Å². The summed E-state index contributed by atoms with van der Waals surface area (Å²) in [4.78, 5) is 13.1. The standard InChI is InChI=1S/C20H19N5O4/c1-2-3-11-27-14-9-7-13(8-10-14)17(26)15-5-4-6-16-18(15)29-20(21,12-28-16)19-22-24-25-23-19/h3-11H,2,12,21H2,1H3,(H,22,23,24,25)/b11-3+. The van der Waals surface area contributed by atoms with Gasteiger partial charge in [-0.3, -0.25) is 10.5 Å². The van der Waals surface area contributed by atoms with Crippen LogP contribution in [0.5, 0.6) is 17.2 Å². The van der Waals surface area contributed by atoms with E-state index in [1.807, 2.05) is 13.0 Å². The fourth-order valence-electron chi connectivity index (χ4n) is 2.82. The number of ether oxygens (including phenoxy) is 3. The van der Waals surface area contributed by atoms with Crippen LogP contribution in [0.4, 0.5) is 0 Å². The maximum Gasteiger partial charge on any atom is 0.257 e. The second-order valence-electron chi connectivity index (χ2n) is 6.40. The van der Waals surface area contributed by atoms with E-state index in [4.69, 9.17) is 19.9 Å². The number of ketones is 1. The van der Waals surface area contributed by atoms with E-state index in [1.165, 1.54) is 0 Å². The Bertz CT molecular complexity index is 1030. The Hall–Kier alpha value is -3.72. The van der Waals surface area contributed by atoms with Crippen molar-refractivity contribution in [3.63, 3.8) is 0 Å². The van der Waals surface area contributed by atoms with Crippen LogP contribution in [-0.4, -0.2) is 33.0 Å². The minimum Gasteiger partial charge on any atom is -0.483 e. The Labute approximate surface area is 166 Å². The van der Waals surface area contributed by atoms with Crippen molar-refractivity contribution in [3.05, 3.63) is 71.8 Å². The topological polar surface area (TPSA) is 125 Å². The number of hydrogen-bond acceptors (Lipinski definition) is 8. The molecule has 0 saturated heterocycles. The van der Waals surface area contributed by atoms with E-state index in [9.17, 15) is 4.79 Å². The zero-order valence-electron chi connectivity index (χ0n) is 15.7. The maximum absolute atomic E-state index is 13.1. The lowest BCUT2D eigenvalue weighted by Gasteiger charge is -2.33. The van der Waals surface area contributed by atoms with Gasteiger partial charge in [-0.15, -0.1) is 10.2 Å². The molecule has 1 aromatic heterocycles. The van der Waals surface area contributed by atoms with Crippen LogP contribution in [-0.2, 0) is 5.72 Å². The molecule has 0 bridgehead atoms. The lowest BCUT2D eigenvalue weighted by molar-refractivity contribution is -0.0154. The molecule has 0 aliphatic carbocycles. The molecule has 148 valence electrons. The van der Waals surface area contributed by atoms with Crippen LogP contribution in [0.2, 0.25) is 0 Å². The number of rotatable bonds is 6. The summed E-state index contributed by atoms with van der Waals surface area (Å²) in [5.74, 6) is 1.19. The van der Waals surface area contributed by atoms with Gasteiger partial charge in [0.1, 0.15) is 12.4 Å². The molecule has 0 spiro atoms. The number of allylic oxidation sites excluding steroid dienone is 1. The Morgan fingerprint density at radius 2 is 2.14 bits per heavy atom. The van der Waals surface area contributed by atoms with E-state index < -0.39 is 5.72 Å². The van der Waals surface area contributed by atoms with Gasteiger partial charge in [0.05, 0.1) is 11.8 Å². The number of para-hydroxylation sites is 1. The van der Waals surface area contributed by atoms with E-state index in [2.05, 4.69) is 20.6 Å². The van der Waals surface area contributed by atoms with Crippen LogP contribution < -0.4 is 19.9 Å². The highest BCUT2D eigenvalue weighted by Crippen LogP contribution is 2.40. The van der Waals surface area contributed by atoms with E-state index in [1.54, 1.807) is 48.7 Å². The van der Waals surface area contributed by atoms with E-state index in [0.717, 1.165) is 6.42 Å². The summed E-state index contributed by atoms with van der Waals surface area (Å²) >= 11 is 0. The fourth-order valence-corrected chi connectivity index (χ4v) is 2.82. The number of aromatic amines is 1. The minimum atomic E-state index is -1.46. The molecule has 0 amide bonds. The number of carbonyl (C=O) groups is 1. The molecule has 0 fully saturated rings. The number of nitrogens with zero attached hydrogens (tertiary/aromatic N) is 3. The largest absolute Gasteiger partial charge is 0.483 e. The summed E-state index contributed by atoms with van der Waals surface area (Å²) in [5, 5.41) is 13.6. The summed E-state index contributed by atoms with van der Waals surface area (Å²) in [5.41, 5.74) is 5.59. The summed E-state index contributed by atoms with van der Waals surface area (Å²) in [6.45, 7) is 2.00. The Balaban J connectivity index is 1.62. The SMILES string of the molecule is CC/C=C/Oc1ccc(C(=O)c2cccc3c2OC(N)(c2nn[nH]n2)CO3)cc1. The molecular weight excluding hydrogens is 374 g/mol. The Morgan fingerprint density at radius 1 is 1.31 bits per heavy atom. The first kappa shape index (κ1) is 18.6. The molecule has 1 aliphatic heterocycles. The van der Waals surface area contributed by atoms with Gasteiger partial charge < -0.3 is 14.2 Å². The van der Waals surface area contributed by atoms with Crippen molar-refractivity contribution < 1.29 is 19.0 Å². The number of carbonyl (C=O) groups excluding carboxylic acids is 1. The van der Waals surface area contributed by atoms with Gasteiger partial charge in [-0.2, -0.15) is 5.21 Å². The van der Waals surface area contributed by atoms with E-state index in [0.29, 0.717) is 22.6 Å². The third-order valence-corrected chi connectivity index (χ3v) is 4.33. The number of H-pyrrole nitrogens is 1. The summed E-state index contributed by atoms with van der Waals surface area (Å²) < 4.78 is 17.1. The first-order valence-electron chi connectivity index (χ1n) is 9.05. The number of nitrogens with one attached hydrogen (secondary N) is 1. The molecule has 4 rings (SSSR count). The number of hydrogen-bond donors (Lipinski definition) is 2. The first-order valence-corrected chi connectivity index (χ1v) is 9.05. The predicted octanol–water partition coefficient (Wildman–Crippen LogP) is 2.32. The van der Waals surface area contributed by atoms with Gasteiger partial charge in [-0.25, -0.2) is 0 Å². The molecule has 0 radical (unpaired) electrons. The second-order valence-corrected chi connectivity index (χ2v) is 6.40.